The Labute approximate surface area is 131 Å². The highest BCUT2D eigenvalue weighted by Gasteiger charge is 2.58. The van der Waals surface area contributed by atoms with Gasteiger partial charge in [-0.15, -0.1) is 0 Å². The van der Waals surface area contributed by atoms with Crippen molar-refractivity contribution in [2.24, 2.45) is 17.3 Å². The molecule has 1 heterocycles. The number of aromatic nitrogens is 2. The summed E-state index contributed by atoms with van der Waals surface area (Å²) >= 11 is 0. The molecule has 1 aromatic heterocycles. The van der Waals surface area contributed by atoms with Crippen LogP contribution in [0.25, 0.3) is 0 Å². The van der Waals surface area contributed by atoms with E-state index in [2.05, 4.69) is 22.2 Å². The highest BCUT2D eigenvalue weighted by molar-refractivity contribution is 5.46. The Balaban J connectivity index is 1.59. The predicted octanol–water partition coefficient (Wildman–Crippen LogP) is 2.62. The molecule has 0 amide bonds. The molecule has 4 aliphatic rings. The van der Waals surface area contributed by atoms with Crippen molar-refractivity contribution in [2.75, 3.05) is 12.4 Å². The molecule has 2 N–H and O–H groups in total. The Morgan fingerprint density at radius 1 is 1.23 bits per heavy atom. The van der Waals surface area contributed by atoms with E-state index in [9.17, 15) is 5.11 Å². The van der Waals surface area contributed by atoms with Crippen molar-refractivity contribution in [1.29, 1.82) is 0 Å². The fourth-order valence-electron chi connectivity index (χ4n) is 5.72. The Hall–Kier alpha value is -1.36. The number of ether oxygens (including phenoxy) is 1. The molecule has 4 saturated carbocycles. The summed E-state index contributed by atoms with van der Waals surface area (Å²) in [4.78, 5) is 8.59. The summed E-state index contributed by atoms with van der Waals surface area (Å²) in [5, 5.41) is 14.4. The number of aliphatic hydroxyl groups is 1. The van der Waals surface area contributed by atoms with Crippen molar-refractivity contribution in [3.05, 3.63) is 12.4 Å². The van der Waals surface area contributed by atoms with Crippen molar-refractivity contribution in [2.45, 2.75) is 57.1 Å². The maximum Gasteiger partial charge on any atom is 0.257 e. The zero-order valence-electron chi connectivity index (χ0n) is 13.4. The third-order valence-electron chi connectivity index (χ3n) is 6.21. The van der Waals surface area contributed by atoms with Gasteiger partial charge in [0.15, 0.2) is 5.82 Å². The molecule has 3 unspecified atom stereocenters. The molecule has 4 aliphatic carbocycles. The number of methoxy groups -OCH3 is 1. The van der Waals surface area contributed by atoms with Crippen LogP contribution in [0.5, 0.6) is 5.88 Å². The van der Waals surface area contributed by atoms with E-state index in [1.54, 1.807) is 19.5 Å². The minimum Gasteiger partial charge on any atom is -0.478 e. The number of anilines is 1. The van der Waals surface area contributed by atoms with Gasteiger partial charge in [0, 0.05) is 18.4 Å². The van der Waals surface area contributed by atoms with Crippen LogP contribution in [0.4, 0.5) is 5.82 Å². The van der Waals surface area contributed by atoms with Crippen molar-refractivity contribution in [3.8, 4) is 5.88 Å². The van der Waals surface area contributed by atoms with Gasteiger partial charge in [-0.05, 0) is 62.7 Å². The second-order valence-corrected chi connectivity index (χ2v) is 7.83. The van der Waals surface area contributed by atoms with Gasteiger partial charge in [0.2, 0.25) is 0 Å². The average molecular weight is 303 g/mol. The van der Waals surface area contributed by atoms with Crippen LogP contribution in [-0.2, 0) is 0 Å². The molecule has 22 heavy (non-hydrogen) atoms. The molecule has 5 nitrogen and oxygen atoms in total. The SMILES string of the molecule is COc1nccnc1NC(C)C12CC3CC(CC(O)(C3)C1)C2. The number of hydrogen-bond donors (Lipinski definition) is 2. The topological polar surface area (TPSA) is 67.3 Å². The zero-order chi connectivity index (χ0) is 15.4. The van der Waals surface area contributed by atoms with E-state index in [0.29, 0.717) is 23.5 Å². The van der Waals surface area contributed by atoms with Crippen LogP contribution < -0.4 is 10.1 Å². The van der Waals surface area contributed by atoms with Gasteiger partial charge in [-0.25, -0.2) is 9.97 Å². The predicted molar refractivity (Wildman–Crippen MR) is 83.7 cm³/mol. The van der Waals surface area contributed by atoms with Crippen LogP contribution in [0.3, 0.4) is 0 Å². The van der Waals surface area contributed by atoms with Crippen molar-refractivity contribution < 1.29 is 9.84 Å². The molecule has 0 spiro atoms. The molecule has 5 heteroatoms. The average Bonchev–Trinajstić information content (AvgIpc) is 2.45. The minimum atomic E-state index is -0.424. The largest absolute Gasteiger partial charge is 0.478 e. The first-order valence-corrected chi connectivity index (χ1v) is 8.36. The van der Waals surface area contributed by atoms with Crippen molar-refractivity contribution in [1.82, 2.24) is 9.97 Å². The molecule has 4 bridgehead atoms. The summed E-state index contributed by atoms with van der Waals surface area (Å²) in [6.07, 6.45) is 10.0. The Bertz CT molecular complexity index is 563. The van der Waals surface area contributed by atoms with Gasteiger partial charge in [0.25, 0.3) is 5.88 Å². The van der Waals surface area contributed by atoms with Crippen LogP contribution in [0, 0.1) is 17.3 Å². The van der Waals surface area contributed by atoms with Gasteiger partial charge < -0.3 is 15.2 Å². The quantitative estimate of drug-likeness (QED) is 0.895. The van der Waals surface area contributed by atoms with Gasteiger partial charge >= 0.3 is 0 Å². The maximum atomic E-state index is 10.9. The third kappa shape index (κ3) is 2.18. The molecule has 120 valence electrons. The molecular weight excluding hydrogens is 278 g/mol. The van der Waals surface area contributed by atoms with Gasteiger partial charge in [-0.1, -0.05) is 0 Å². The molecule has 4 fully saturated rings. The lowest BCUT2D eigenvalue weighted by Crippen LogP contribution is -2.60. The lowest BCUT2D eigenvalue weighted by atomic mass is 9.46. The number of rotatable bonds is 4. The van der Waals surface area contributed by atoms with Crippen LogP contribution in [0.15, 0.2) is 12.4 Å². The highest BCUT2D eigenvalue weighted by Crippen LogP contribution is 2.63. The fourth-order valence-corrected chi connectivity index (χ4v) is 5.72. The number of nitrogens with one attached hydrogen (secondary N) is 1. The van der Waals surface area contributed by atoms with Crippen LogP contribution >= 0.6 is 0 Å². The Morgan fingerprint density at radius 2 is 1.91 bits per heavy atom. The van der Waals surface area contributed by atoms with Crippen LogP contribution in [-0.4, -0.2) is 33.8 Å². The van der Waals surface area contributed by atoms with Crippen LogP contribution in [0.2, 0.25) is 0 Å². The maximum absolute atomic E-state index is 10.9. The summed E-state index contributed by atoms with van der Waals surface area (Å²) in [6, 6.07) is 0.260. The lowest BCUT2D eigenvalue weighted by Gasteiger charge is -2.62. The van der Waals surface area contributed by atoms with Gasteiger partial charge in [0.05, 0.1) is 12.7 Å². The lowest BCUT2D eigenvalue weighted by molar-refractivity contribution is -0.167. The van der Waals surface area contributed by atoms with E-state index in [1.165, 1.54) is 19.3 Å². The zero-order valence-corrected chi connectivity index (χ0v) is 13.4. The normalized spacial score (nSPS) is 40.5. The van der Waals surface area contributed by atoms with E-state index < -0.39 is 5.60 Å². The fraction of sp³-hybridized carbons (Fsp3) is 0.765. The smallest absolute Gasteiger partial charge is 0.257 e. The monoisotopic (exact) mass is 303 g/mol. The summed E-state index contributed by atoms with van der Waals surface area (Å²) in [5.74, 6) is 2.64. The summed E-state index contributed by atoms with van der Waals surface area (Å²) < 4.78 is 5.30. The summed E-state index contributed by atoms with van der Waals surface area (Å²) in [7, 11) is 1.62. The number of hydrogen-bond acceptors (Lipinski definition) is 5. The van der Waals surface area contributed by atoms with E-state index in [1.807, 2.05) is 0 Å². The van der Waals surface area contributed by atoms with Gasteiger partial charge in [-0.2, -0.15) is 0 Å². The van der Waals surface area contributed by atoms with E-state index in [-0.39, 0.29) is 11.5 Å². The van der Waals surface area contributed by atoms with Gasteiger partial charge in [0.1, 0.15) is 0 Å². The molecule has 3 atom stereocenters. The Morgan fingerprint density at radius 3 is 2.55 bits per heavy atom. The molecular formula is C17H25N3O2. The van der Waals surface area contributed by atoms with E-state index in [4.69, 9.17) is 4.74 Å². The number of nitrogens with zero attached hydrogens (tertiary/aromatic N) is 2. The first kappa shape index (κ1) is 14.2. The molecule has 0 aromatic carbocycles. The van der Waals surface area contributed by atoms with Crippen LogP contribution in [0.1, 0.15) is 45.4 Å². The molecule has 0 saturated heterocycles. The van der Waals surface area contributed by atoms with Gasteiger partial charge in [-0.3, -0.25) is 0 Å². The van der Waals surface area contributed by atoms with E-state index in [0.717, 1.165) is 19.3 Å². The molecule has 0 radical (unpaired) electrons. The summed E-state index contributed by atoms with van der Waals surface area (Å²) in [5.41, 5.74) is -0.242. The molecule has 5 rings (SSSR count). The molecule has 0 aliphatic heterocycles. The first-order chi connectivity index (χ1) is 10.5. The second kappa shape index (κ2) is 4.82. The Kier molecular flexibility index (Phi) is 3.12. The molecule has 1 aromatic rings. The van der Waals surface area contributed by atoms with Crippen molar-refractivity contribution in [3.63, 3.8) is 0 Å². The third-order valence-corrected chi connectivity index (χ3v) is 6.21. The second-order valence-electron chi connectivity index (χ2n) is 7.83. The highest BCUT2D eigenvalue weighted by atomic mass is 16.5. The standard InChI is InChI=1S/C17H25N3O2/c1-11(20-14-15(22-2)19-4-3-18-14)16-6-12-5-13(7-16)9-17(21,8-12)10-16/h3-4,11-13,21H,5-10H2,1-2H3,(H,18,20). The first-order valence-electron chi connectivity index (χ1n) is 8.36. The van der Waals surface area contributed by atoms with E-state index >= 15 is 0 Å². The minimum absolute atomic E-state index is 0.182. The summed E-state index contributed by atoms with van der Waals surface area (Å²) in [6.45, 7) is 2.23. The van der Waals surface area contributed by atoms with Crippen molar-refractivity contribution >= 4 is 5.82 Å².